The number of carbonyl (C=O) groups is 3. The second kappa shape index (κ2) is 24.5. The summed E-state index contributed by atoms with van der Waals surface area (Å²) in [6, 6.07) is 10.6. The molecule has 0 aliphatic carbocycles. The molecule has 0 atom stereocenters. The van der Waals surface area contributed by atoms with Crippen molar-refractivity contribution in [1.82, 2.24) is 19.8 Å². The molecule has 2 fully saturated rings. The van der Waals surface area contributed by atoms with Crippen molar-refractivity contribution in [2.45, 2.75) is 57.9 Å². The molecule has 0 spiro atoms. The highest BCUT2D eigenvalue weighted by molar-refractivity contribution is 7.09. The standard InChI is InChI=1S/2C18H20Cl2N2O3S.C2HF3O2/c19-14-1-2-17(16(20)9-14)24-8-5-13-3-6-22(7-4-13)18(23)25-11-15-10-21-12-26-15;19-15-2-1-3-16(17(15)20)24-9-6-13-4-7-22(8-5-13)18(23)25-11-14-10-21-12-26-14;3-2(4,5)1(6)7/h1-2,9-10,12-13H,3-8,11H2;1-3,10,12-13H,4-9,11H2;(H,6,7). The largest absolute Gasteiger partial charge is 0.492 e. The molecule has 2 amide bonds. The quantitative estimate of drug-likeness (QED) is 0.146. The SMILES string of the molecule is O=C(O)C(F)(F)F.O=C(OCc1cncs1)N1CCC(CCOc2ccc(Cl)cc2Cl)CC1.O=C(OCc1cncs1)N1CCC(CCOc2cccc(Cl)c2Cl)CC1. The summed E-state index contributed by atoms with van der Waals surface area (Å²) in [6.07, 6.45) is 3.51. The Balaban J connectivity index is 0.000000225. The molecule has 1 N–H and O–H groups in total. The van der Waals surface area contributed by atoms with Crippen LogP contribution in [0.3, 0.4) is 0 Å². The highest BCUT2D eigenvalue weighted by atomic mass is 35.5. The first-order valence-electron chi connectivity index (χ1n) is 18.2. The number of piperidine rings is 2. The first-order chi connectivity index (χ1) is 28.2. The summed E-state index contributed by atoms with van der Waals surface area (Å²) >= 11 is 27.0. The number of nitrogens with zero attached hydrogens (tertiary/aromatic N) is 4. The molecular formula is C38H41Cl4F3N4O8S2. The summed E-state index contributed by atoms with van der Waals surface area (Å²) in [4.78, 5) is 46.5. The van der Waals surface area contributed by atoms with Gasteiger partial charge < -0.3 is 33.9 Å². The van der Waals surface area contributed by atoms with Gasteiger partial charge in [-0.3, -0.25) is 9.97 Å². The molecule has 4 aromatic rings. The zero-order valence-electron chi connectivity index (χ0n) is 31.4. The van der Waals surface area contributed by atoms with Gasteiger partial charge in [0.15, 0.2) is 0 Å². The van der Waals surface area contributed by atoms with Gasteiger partial charge >= 0.3 is 24.3 Å². The number of carboxylic acids is 1. The molecule has 0 unspecified atom stereocenters. The number of hydrogen-bond donors (Lipinski definition) is 1. The van der Waals surface area contributed by atoms with Gasteiger partial charge in [-0.1, -0.05) is 52.5 Å². The highest BCUT2D eigenvalue weighted by Crippen LogP contribution is 2.32. The van der Waals surface area contributed by atoms with Crippen LogP contribution in [0.15, 0.2) is 59.8 Å². The molecule has 6 rings (SSSR count). The van der Waals surface area contributed by atoms with Gasteiger partial charge in [0.2, 0.25) is 0 Å². The molecule has 0 radical (unpaired) electrons. The first-order valence-corrected chi connectivity index (χ1v) is 21.5. The van der Waals surface area contributed by atoms with Crippen LogP contribution in [0.5, 0.6) is 11.5 Å². The molecule has 4 heterocycles. The van der Waals surface area contributed by atoms with Crippen LogP contribution in [0.2, 0.25) is 20.1 Å². The van der Waals surface area contributed by atoms with E-state index >= 15 is 0 Å². The minimum absolute atomic E-state index is 0.249. The van der Waals surface area contributed by atoms with Gasteiger partial charge in [-0.25, -0.2) is 14.4 Å². The Kier molecular flexibility index (Phi) is 19.9. The Hall–Kier alpha value is -3.74. The number of hydrogen-bond acceptors (Lipinski definition) is 11. The van der Waals surface area contributed by atoms with Crippen molar-refractivity contribution in [3.63, 3.8) is 0 Å². The predicted molar refractivity (Wildman–Crippen MR) is 220 cm³/mol. The molecular weight excluding hydrogens is 903 g/mol. The molecule has 21 heteroatoms. The molecule has 2 saturated heterocycles. The van der Waals surface area contributed by atoms with Crippen LogP contribution in [-0.4, -0.2) is 88.6 Å². The summed E-state index contributed by atoms with van der Waals surface area (Å²) in [5, 5.41) is 9.19. The molecule has 2 aromatic heterocycles. The van der Waals surface area contributed by atoms with Gasteiger partial charge in [-0.15, -0.1) is 22.7 Å². The number of amides is 2. The fourth-order valence-electron chi connectivity index (χ4n) is 5.74. The summed E-state index contributed by atoms with van der Waals surface area (Å²) in [6.45, 7) is 4.62. The Morgan fingerprint density at radius 2 is 1.20 bits per heavy atom. The molecule has 59 heavy (non-hydrogen) atoms. The van der Waals surface area contributed by atoms with Crippen molar-refractivity contribution < 1.29 is 51.6 Å². The second-order valence-corrected chi connectivity index (χ2v) is 16.7. The molecule has 0 bridgehead atoms. The Morgan fingerprint density at radius 3 is 1.63 bits per heavy atom. The zero-order valence-corrected chi connectivity index (χ0v) is 36.0. The predicted octanol–water partition coefficient (Wildman–Crippen LogP) is 11.2. The van der Waals surface area contributed by atoms with E-state index in [-0.39, 0.29) is 18.8 Å². The lowest BCUT2D eigenvalue weighted by molar-refractivity contribution is -0.192. The van der Waals surface area contributed by atoms with E-state index in [9.17, 15) is 22.8 Å². The lowest BCUT2D eigenvalue weighted by atomic mass is 9.94. The van der Waals surface area contributed by atoms with E-state index in [1.165, 1.54) is 22.7 Å². The van der Waals surface area contributed by atoms with Crippen molar-refractivity contribution >= 4 is 87.2 Å². The summed E-state index contributed by atoms with van der Waals surface area (Å²) in [5.74, 6) is -0.430. The minimum atomic E-state index is -5.08. The van der Waals surface area contributed by atoms with Crippen LogP contribution in [0.25, 0.3) is 0 Å². The second-order valence-electron chi connectivity index (χ2n) is 13.1. The van der Waals surface area contributed by atoms with E-state index in [0.717, 1.165) is 48.3 Å². The maximum Gasteiger partial charge on any atom is 0.490 e. The van der Waals surface area contributed by atoms with E-state index in [0.29, 0.717) is 89.4 Å². The third kappa shape index (κ3) is 17.0. The lowest BCUT2D eigenvalue weighted by Crippen LogP contribution is -2.39. The van der Waals surface area contributed by atoms with Gasteiger partial charge in [-0.2, -0.15) is 13.2 Å². The molecule has 2 aliphatic rings. The Bertz CT molecular complexity index is 1900. The highest BCUT2D eigenvalue weighted by Gasteiger charge is 2.38. The third-order valence-electron chi connectivity index (χ3n) is 9.01. The number of ether oxygens (including phenoxy) is 4. The number of aliphatic carboxylic acids is 1. The van der Waals surface area contributed by atoms with Gasteiger partial charge in [-0.05, 0) is 80.7 Å². The number of thiazole rings is 2. The maximum absolute atomic E-state index is 12.1. The number of alkyl halides is 3. The van der Waals surface area contributed by atoms with Crippen LogP contribution in [0.4, 0.5) is 22.8 Å². The van der Waals surface area contributed by atoms with E-state index in [2.05, 4.69) is 9.97 Å². The maximum atomic E-state index is 12.1. The lowest BCUT2D eigenvalue weighted by Gasteiger charge is -2.31. The Labute approximate surface area is 367 Å². The van der Waals surface area contributed by atoms with Crippen LogP contribution >= 0.6 is 69.1 Å². The number of halogens is 7. The molecule has 2 aliphatic heterocycles. The van der Waals surface area contributed by atoms with Crippen LogP contribution < -0.4 is 9.47 Å². The van der Waals surface area contributed by atoms with Crippen LogP contribution in [-0.2, 0) is 27.5 Å². The van der Waals surface area contributed by atoms with Crippen molar-refractivity contribution in [1.29, 1.82) is 0 Å². The van der Waals surface area contributed by atoms with Gasteiger partial charge in [0.1, 0.15) is 29.7 Å². The minimum Gasteiger partial charge on any atom is -0.492 e. The fraction of sp³-hybridized carbons (Fsp3) is 0.447. The fourth-order valence-corrected chi connectivity index (χ4v) is 7.56. The van der Waals surface area contributed by atoms with E-state index < -0.39 is 12.1 Å². The third-order valence-corrected chi connectivity index (χ3v) is 11.8. The smallest absolute Gasteiger partial charge is 0.490 e. The summed E-state index contributed by atoms with van der Waals surface area (Å²) in [7, 11) is 0. The molecule has 0 saturated carbocycles. The van der Waals surface area contributed by atoms with Crippen molar-refractivity contribution in [2.24, 2.45) is 11.8 Å². The number of aromatic nitrogens is 2. The number of likely N-dealkylation sites (tertiary alicyclic amines) is 2. The first kappa shape index (κ1) is 47.9. The van der Waals surface area contributed by atoms with Crippen molar-refractivity contribution in [3.8, 4) is 11.5 Å². The summed E-state index contributed by atoms with van der Waals surface area (Å²) < 4.78 is 53.9. The van der Waals surface area contributed by atoms with Gasteiger partial charge in [0.25, 0.3) is 0 Å². The number of carbonyl (C=O) groups excluding carboxylic acids is 2. The summed E-state index contributed by atoms with van der Waals surface area (Å²) in [5.41, 5.74) is 3.46. The monoisotopic (exact) mass is 942 g/mol. The molecule has 322 valence electrons. The number of benzene rings is 2. The van der Waals surface area contributed by atoms with E-state index in [1.807, 2.05) is 12.1 Å². The average molecular weight is 945 g/mol. The van der Waals surface area contributed by atoms with Crippen LogP contribution in [0, 0.1) is 11.8 Å². The molecule has 2 aromatic carbocycles. The topological polar surface area (TPSA) is 141 Å². The van der Waals surface area contributed by atoms with E-state index in [4.69, 9.17) is 75.3 Å². The molecule has 12 nitrogen and oxygen atoms in total. The van der Waals surface area contributed by atoms with Gasteiger partial charge in [0.05, 0.1) is 44.0 Å². The van der Waals surface area contributed by atoms with E-state index in [1.54, 1.807) is 57.5 Å². The number of carboxylic acid groups (broad SMARTS) is 1. The zero-order chi connectivity index (χ0) is 42.8. The number of rotatable bonds is 12. The van der Waals surface area contributed by atoms with Crippen molar-refractivity contribution in [3.05, 3.63) is 89.7 Å². The average Bonchev–Trinajstić information content (AvgIpc) is 3.95. The Morgan fingerprint density at radius 1 is 0.729 bits per heavy atom. The van der Waals surface area contributed by atoms with Crippen molar-refractivity contribution in [2.75, 3.05) is 39.4 Å². The van der Waals surface area contributed by atoms with Crippen LogP contribution in [0.1, 0.15) is 48.3 Å². The normalized spacial score (nSPS) is 14.6. The van der Waals surface area contributed by atoms with Gasteiger partial charge in [0, 0.05) is 43.6 Å².